The minimum absolute atomic E-state index is 0.0762. The molecule has 0 aliphatic carbocycles. The summed E-state index contributed by atoms with van der Waals surface area (Å²) in [6, 6.07) is 22.7. The molecular formula is C26H23NO4. The molecule has 3 aromatic rings. The molecule has 1 amide bonds. The lowest BCUT2D eigenvalue weighted by molar-refractivity contribution is -0.132. The monoisotopic (exact) mass is 413 g/mol. The Kier molecular flexibility index (Phi) is 5.58. The maximum atomic E-state index is 13.2. The van der Waals surface area contributed by atoms with Gasteiger partial charge in [0.05, 0.1) is 18.2 Å². The number of hydrogen-bond acceptors (Lipinski definition) is 4. The molecule has 1 aliphatic heterocycles. The van der Waals surface area contributed by atoms with Crippen molar-refractivity contribution in [1.29, 1.82) is 0 Å². The van der Waals surface area contributed by atoms with Crippen LogP contribution in [-0.4, -0.2) is 23.4 Å². The van der Waals surface area contributed by atoms with E-state index in [1.54, 1.807) is 48.5 Å². The standard InChI is InChI=1S/C26H23NO4/c1-3-31-20-14-9-13-19(16-20)27-23(21-15-8-7-10-17(21)2)22(25(29)26(27)30)24(28)18-11-5-4-6-12-18/h4-16,23,28H,3H2,1-2H3/b24-22+. The van der Waals surface area contributed by atoms with Gasteiger partial charge in [0.15, 0.2) is 0 Å². The first-order valence-corrected chi connectivity index (χ1v) is 10.2. The number of benzene rings is 3. The first-order valence-electron chi connectivity index (χ1n) is 10.2. The molecule has 1 unspecified atom stereocenters. The van der Waals surface area contributed by atoms with Gasteiger partial charge in [0.1, 0.15) is 11.5 Å². The van der Waals surface area contributed by atoms with Crippen molar-refractivity contribution in [2.45, 2.75) is 19.9 Å². The van der Waals surface area contributed by atoms with Gasteiger partial charge in [-0.1, -0.05) is 60.7 Å². The summed E-state index contributed by atoms with van der Waals surface area (Å²) in [6.45, 7) is 4.29. The van der Waals surface area contributed by atoms with Crippen molar-refractivity contribution in [3.05, 3.63) is 101 Å². The third-order valence-corrected chi connectivity index (χ3v) is 5.38. The number of ketones is 1. The highest BCUT2D eigenvalue weighted by Crippen LogP contribution is 2.43. The molecule has 4 rings (SSSR count). The largest absolute Gasteiger partial charge is 0.507 e. The molecule has 1 atom stereocenters. The van der Waals surface area contributed by atoms with Crippen LogP contribution in [0.1, 0.15) is 29.7 Å². The number of anilines is 1. The Morgan fingerprint density at radius 1 is 0.968 bits per heavy atom. The van der Waals surface area contributed by atoms with Crippen LogP contribution in [0, 0.1) is 6.92 Å². The average molecular weight is 413 g/mol. The van der Waals surface area contributed by atoms with Crippen LogP contribution >= 0.6 is 0 Å². The second-order valence-electron chi connectivity index (χ2n) is 7.32. The van der Waals surface area contributed by atoms with Crippen molar-refractivity contribution in [2.24, 2.45) is 0 Å². The van der Waals surface area contributed by atoms with Crippen molar-refractivity contribution in [3.63, 3.8) is 0 Å². The smallest absolute Gasteiger partial charge is 0.300 e. The van der Waals surface area contributed by atoms with Crippen molar-refractivity contribution < 1.29 is 19.4 Å². The van der Waals surface area contributed by atoms with E-state index in [0.29, 0.717) is 23.6 Å². The Balaban J connectivity index is 1.95. The third kappa shape index (κ3) is 3.70. The fraction of sp³-hybridized carbons (Fsp3) is 0.154. The zero-order chi connectivity index (χ0) is 22.0. The highest BCUT2D eigenvalue weighted by Gasteiger charge is 2.47. The molecule has 0 aromatic heterocycles. The first kappa shape index (κ1) is 20.4. The van der Waals surface area contributed by atoms with E-state index in [1.165, 1.54) is 4.90 Å². The van der Waals surface area contributed by atoms with Gasteiger partial charge in [0, 0.05) is 17.3 Å². The van der Waals surface area contributed by atoms with Crippen LogP contribution in [0.25, 0.3) is 5.76 Å². The normalized spacial score (nSPS) is 17.7. The molecule has 1 fully saturated rings. The van der Waals surface area contributed by atoms with Crippen LogP contribution in [0.2, 0.25) is 0 Å². The van der Waals surface area contributed by atoms with Crippen LogP contribution in [0.15, 0.2) is 84.4 Å². The van der Waals surface area contributed by atoms with Crippen molar-refractivity contribution in [3.8, 4) is 5.75 Å². The summed E-state index contributed by atoms with van der Waals surface area (Å²) in [4.78, 5) is 27.8. The zero-order valence-corrected chi connectivity index (χ0v) is 17.4. The number of rotatable bonds is 5. The van der Waals surface area contributed by atoms with E-state index >= 15 is 0 Å². The van der Waals surface area contributed by atoms with Crippen LogP contribution < -0.4 is 9.64 Å². The highest BCUT2D eigenvalue weighted by atomic mass is 16.5. The lowest BCUT2D eigenvalue weighted by atomic mass is 9.92. The van der Waals surface area contributed by atoms with Gasteiger partial charge >= 0.3 is 0 Å². The average Bonchev–Trinajstić information content (AvgIpc) is 3.05. The molecule has 1 N–H and O–H groups in total. The number of amides is 1. The van der Waals surface area contributed by atoms with E-state index < -0.39 is 17.7 Å². The van der Waals surface area contributed by atoms with Crippen LogP contribution in [-0.2, 0) is 9.59 Å². The summed E-state index contributed by atoms with van der Waals surface area (Å²) in [7, 11) is 0. The summed E-state index contributed by atoms with van der Waals surface area (Å²) in [5, 5.41) is 11.1. The molecule has 1 heterocycles. The maximum Gasteiger partial charge on any atom is 0.300 e. The third-order valence-electron chi connectivity index (χ3n) is 5.38. The summed E-state index contributed by atoms with van der Waals surface area (Å²) < 4.78 is 5.59. The number of Topliss-reactive ketones (excluding diaryl/α,β-unsaturated/α-hetero) is 1. The molecular weight excluding hydrogens is 390 g/mol. The molecule has 5 heteroatoms. The Morgan fingerprint density at radius 2 is 1.68 bits per heavy atom. The minimum Gasteiger partial charge on any atom is -0.507 e. The summed E-state index contributed by atoms with van der Waals surface area (Å²) >= 11 is 0. The molecule has 1 aliphatic rings. The van der Waals surface area contributed by atoms with E-state index in [9.17, 15) is 14.7 Å². The van der Waals surface area contributed by atoms with E-state index in [-0.39, 0.29) is 11.3 Å². The van der Waals surface area contributed by atoms with E-state index in [4.69, 9.17) is 4.74 Å². The summed E-state index contributed by atoms with van der Waals surface area (Å²) in [5.41, 5.74) is 2.79. The molecule has 5 nitrogen and oxygen atoms in total. The fourth-order valence-electron chi connectivity index (χ4n) is 3.93. The Bertz CT molecular complexity index is 1170. The topological polar surface area (TPSA) is 66.8 Å². The second-order valence-corrected chi connectivity index (χ2v) is 7.32. The SMILES string of the molecule is CCOc1cccc(N2C(=O)C(=O)/C(=C(/O)c3ccccc3)C2c2ccccc2C)c1. The van der Waals surface area contributed by atoms with Crippen molar-refractivity contribution >= 4 is 23.1 Å². The fourth-order valence-corrected chi connectivity index (χ4v) is 3.93. The number of ether oxygens (including phenoxy) is 1. The Hall–Kier alpha value is -3.86. The van der Waals surface area contributed by atoms with Gasteiger partial charge in [-0.15, -0.1) is 0 Å². The van der Waals surface area contributed by atoms with Gasteiger partial charge in [0.2, 0.25) is 0 Å². The first-order chi connectivity index (χ1) is 15.0. The molecule has 0 bridgehead atoms. The predicted octanol–water partition coefficient (Wildman–Crippen LogP) is 5.02. The lowest BCUT2D eigenvalue weighted by Crippen LogP contribution is -2.29. The summed E-state index contributed by atoms with van der Waals surface area (Å²) in [5.74, 6) is -0.972. The van der Waals surface area contributed by atoms with Crippen molar-refractivity contribution in [1.82, 2.24) is 0 Å². The number of carbonyl (C=O) groups excluding carboxylic acids is 2. The van der Waals surface area contributed by atoms with Crippen LogP contribution in [0.4, 0.5) is 5.69 Å². The number of aryl methyl sites for hydroxylation is 1. The van der Waals surface area contributed by atoms with Crippen LogP contribution in [0.3, 0.4) is 0 Å². The number of nitrogens with zero attached hydrogens (tertiary/aromatic N) is 1. The molecule has 3 aromatic carbocycles. The number of carbonyl (C=O) groups is 2. The number of aliphatic hydroxyl groups excluding tert-OH is 1. The Labute approximate surface area is 181 Å². The van der Waals surface area contributed by atoms with Gasteiger partial charge in [-0.25, -0.2) is 0 Å². The van der Waals surface area contributed by atoms with Gasteiger partial charge in [-0.3, -0.25) is 14.5 Å². The number of hydrogen-bond donors (Lipinski definition) is 1. The van der Waals surface area contributed by atoms with Gasteiger partial charge in [-0.2, -0.15) is 0 Å². The van der Waals surface area contributed by atoms with Crippen LogP contribution in [0.5, 0.6) is 5.75 Å². The van der Waals surface area contributed by atoms with Gasteiger partial charge in [0.25, 0.3) is 11.7 Å². The maximum absolute atomic E-state index is 13.2. The number of aliphatic hydroxyl groups is 1. The molecule has 0 spiro atoms. The van der Waals surface area contributed by atoms with Crippen molar-refractivity contribution in [2.75, 3.05) is 11.5 Å². The van der Waals surface area contributed by atoms with Gasteiger partial charge < -0.3 is 9.84 Å². The second kappa shape index (κ2) is 8.48. The molecule has 1 saturated heterocycles. The zero-order valence-electron chi connectivity index (χ0n) is 17.4. The molecule has 0 saturated carbocycles. The van der Waals surface area contributed by atoms with E-state index in [2.05, 4.69) is 0 Å². The molecule has 156 valence electrons. The Morgan fingerprint density at radius 3 is 2.39 bits per heavy atom. The van der Waals surface area contributed by atoms with Gasteiger partial charge in [-0.05, 0) is 37.1 Å². The minimum atomic E-state index is -0.752. The van der Waals surface area contributed by atoms with E-state index in [0.717, 1.165) is 11.1 Å². The summed E-state index contributed by atoms with van der Waals surface area (Å²) in [6.07, 6.45) is 0. The quantitative estimate of drug-likeness (QED) is 0.362. The highest BCUT2D eigenvalue weighted by molar-refractivity contribution is 6.51. The predicted molar refractivity (Wildman–Crippen MR) is 120 cm³/mol. The van der Waals surface area contributed by atoms with E-state index in [1.807, 2.05) is 44.2 Å². The lowest BCUT2D eigenvalue weighted by Gasteiger charge is -2.27. The molecule has 31 heavy (non-hydrogen) atoms. The molecule has 0 radical (unpaired) electrons.